The topological polar surface area (TPSA) is 41.6 Å². The van der Waals surface area contributed by atoms with E-state index in [1.165, 1.54) is 0 Å². The van der Waals surface area contributed by atoms with Crippen LogP contribution in [-0.4, -0.2) is 39.3 Å². The van der Waals surface area contributed by atoms with Gasteiger partial charge >= 0.3 is 0 Å². The molecular weight excluding hydrogens is 264 g/mol. The lowest BCUT2D eigenvalue weighted by atomic mass is 9.78. The fourth-order valence-electron chi connectivity index (χ4n) is 3.18. The van der Waals surface area contributed by atoms with Gasteiger partial charge in [0.1, 0.15) is 0 Å². The maximum absolute atomic E-state index is 13.2. The summed E-state index contributed by atoms with van der Waals surface area (Å²) < 4.78 is 5.39. The summed E-state index contributed by atoms with van der Waals surface area (Å²) in [6, 6.07) is 8.07. The van der Waals surface area contributed by atoms with E-state index in [-0.39, 0.29) is 5.91 Å². The van der Waals surface area contributed by atoms with Crippen molar-refractivity contribution in [3.63, 3.8) is 0 Å². The minimum Gasteiger partial charge on any atom is -0.384 e. The third-order valence-corrected chi connectivity index (χ3v) is 4.40. The summed E-state index contributed by atoms with van der Waals surface area (Å²) >= 11 is 0. The molecule has 1 aliphatic heterocycles. The van der Waals surface area contributed by atoms with Crippen LogP contribution < -0.4 is 10.2 Å². The minimum absolute atomic E-state index is 0.197. The number of hydrogen-bond donors (Lipinski definition) is 1. The van der Waals surface area contributed by atoms with Crippen LogP contribution in [0.3, 0.4) is 0 Å². The molecule has 1 aromatic rings. The van der Waals surface area contributed by atoms with Gasteiger partial charge in [-0.2, -0.15) is 0 Å². The number of benzene rings is 1. The molecule has 1 aromatic carbocycles. The van der Waals surface area contributed by atoms with Gasteiger partial charge in [0, 0.05) is 19.3 Å². The number of carbonyl (C=O) groups excluding carboxylic acids is 1. The van der Waals surface area contributed by atoms with Crippen LogP contribution in [-0.2, 0) is 9.53 Å². The van der Waals surface area contributed by atoms with Gasteiger partial charge in [0.15, 0.2) is 0 Å². The van der Waals surface area contributed by atoms with Crippen molar-refractivity contribution in [1.29, 1.82) is 0 Å². The van der Waals surface area contributed by atoms with Gasteiger partial charge in [-0.25, -0.2) is 0 Å². The molecule has 0 spiro atoms. The highest BCUT2D eigenvalue weighted by molar-refractivity contribution is 5.98. The molecule has 1 N–H and O–H groups in total. The Morgan fingerprint density at radius 3 is 2.57 bits per heavy atom. The molecule has 1 saturated heterocycles. The lowest BCUT2D eigenvalue weighted by molar-refractivity contribution is -0.133. The summed E-state index contributed by atoms with van der Waals surface area (Å²) in [6.45, 7) is 7.02. The maximum Gasteiger partial charge on any atom is 0.235 e. The molecule has 2 rings (SSSR count). The van der Waals surface area contributed by atoms with Crippen LogP contribution in [0.2, 0.25) is 0 Å². The highest BCUT2D eigenvalue weighted by Crippen LogP contribution is 2.34. The van der Waals surface area contributed by atoms with Crippen LogP contribution in [0.15, 0.2) is 24.3 Å². The van der Waals surface area contributed by atoms with E-state index in [4.69, 9.17) is 4.74 Å². The van der Waals surface area contributed by atoms with Crippen LogP contribution in [0.25, 0.3) is 0 Å². The Morgan fingerprint density at radius 2 is 2.00 bits per heavy atom. The van der Waals surface area contributed by atoms with Crippen LogP contribution in [0.1, 0.15) is 25.3 Å². The van der Waals surface area contributed by atoms with E-state index in [0.717, 1.165) is 37.2 Å². The van der Waals surface area contributed by atoms with Gasteiger partial charge in [-0.05, 0) is 51.4 Å². The lowest BCUT2D eigenvalue weighted by Crippen LogP contribution is -2.52. The number of carbonyl (C=O) groups is 1. The van der Waals surface area contributed by atoms with E-state index in [9.17, 15) is 4.79 Å². The van der Waals surface area contributed by atoms with Crippen molar-refractivity contribution in [2.45, 2.75) is 26.7 Å². The predicted octanol–water partition coefficient (Wildman–Crippen LogP) is 2.36. The summed E-state index contributed by atoms with van der Waals surface area (Å²) in [5.74, 6) is 0.197. The molecule has 0 bridgehead atoms. The van der Waals surface area contributed by atoms with E-state index in [0.29, 0.717) is 13.2 Å². The number of methoxy groups -OCH3 is 1. The van der Waals surface area contributed by atoms with E-state index >= 15 is 0 Å². The Labute approximate surface area is 127 Å². The number of piperidine rings is 1. The summed E-state index contributed by atoms with van der Waals surface area (Å²) in [4.78, 5) is 15.1. The third-order valence-electron chi connectivity index (χ3n) is 4.40. The van der Waals surface area contributed by atoms with Crippen molar-refractivity contribution in [3.05, 3.63) is 29.8 Å². The summed E-state index contributed by atoms with van der Waals surface area (Å²) in [7, 11) is 1.68. The Morgan fingerprint density at radius 1 is 1.33 bits per heavy atom. The molecule has 0 aromatic heterocycles. The molecule has 0 atom stereocenters. The van der Waals surface area contributed by atoms with Crippen molar-refractivity contribution >= 4 is 11.6 Å². The van der Waals surface area contributed by atoms with Crippen molar-refractivity contribution in [2.75, 3.05) is 38.3 Å². The van der Waals surface area contributed by atoms with Gasteiger partial charge in [-0.1, -0.05) is 18.2 Å². The van der Waals surface area contributed by atoms with E-state index in [1.807, 2.05) is 30.0 Å². The van der Waals surface area contributed by atoms with Crippen molar-refractivity contribution < 1.29 is 9.53 Å². The molecule has 0 unspecified atom stereocenters. The van der Waals surface area contributed by atoms with Gasteiger partial charge in [0.25, 0.3) is 0 Å². The van der Waals surface area contributed by atoms with Gasteiger partial charge in [0.05, 0.1) is 12.0 Å². The zero-order valence-electron chi connectivity index (χ0n) is 13.3. The van der Waals surface area contributed by atoms with Crippen LogP contribution in [0, 0.1) is 12.3 Å². The number of hydrogen-bond acceptors (Lipinski definition) is 3. The summed E-state index contributed by atoms with van der Waals surface area (Å²) in [5, 5.41) is 3.33. The minimum atomic E-state index is -0.391. The van der Waals surface area contributed by atoms with Gasteiger partial charge in [-0.3, -0.25) is 4.79 Å². The number of nitrogens with one attached hydrogen (secondary N) is 1. The number of aryl methyl sites for hydroxylation is 1. The second-order valence-electron chi connectivity index (χ2n) is 5.80. The summed E-state index contributed by atoms with van der Waals surface area (Å²) in [5.41, 5.74) is 1.76. The molecule has 1 fully saturated rings. The molecule has 116 valence electrons. The Bertz CT molecular complexity index is 476. The van der Waals surface area contributed by atoms with Crippen molar-refractivity contribution in [3.8, 4) is 0 Å². The number of amides is 1. The normalized spacial score (nSPS) is 17.5. The standard InChI is InChI=1S/C17H26N2O2/c1-4-19(15-8-6-5-7-14(15)2)16(20)17(13-21-3)9-11-18-12-10-17/h5-8,18H,4,9-13H2,1-3H3. The molecule has 4 nitrogen and oxygen atoms in total. The lowest BCUT2D eigenvalue weighted by Gasteiger charge is -2.39. The first-order chi connectivity index (χ1) is 10.1. The fourth-order valence-corrected chi connectivity index (χ4v) is 3.18. The molecule has 1 aliphatic rings. The van der Waals surface area contributed by atoms with E-state index in [2.05, 4.69) is 18.3 Å². The molecule has 1 amide bonds. The first-order valence-electron chi connectivity index (χ1n) is 7.72. The number of rotatable bonds is 5. The molecule has 21 heavy (non-hydrogen) atoms. The second kappa shape index (κ2) is 7.05. The predicted molar refractivity (Wildman–Crippen MR) is 85.6 cm³/mol. The molecule has 4 heteroatoms. The number of nitrogens with zero attached hydrogens (tertiary/aromatic N) is 1. The second-order valence-corrected chi connectivity index (χ2v) is 5.80. The van der Waals surface area contributed by atoms with Gasteiger partial charge in [0.2, 0.25) is 5.91 Å². The van der Waals surface area contributed by atoms with Crippen LogP contribution in [0.5, 0.6) is 0 Å². The van der Waals surface area contributed by atoms with Gasteiger partial charge < -0.3 is 15.0 Å². The first kappa shape index (κ1) is 16.0. The van der Waals surface area contributed by atoms with Crippen LogP contribution >= 0.6 is 0 Å². The smallest absolute Gasteiger partial charge is 0.235 e. The van der Waals surface area contributed by atoms with Gasteiger partial charge in [-0.15, -0.1) is 0 Å². The highest BCUT2D eigenvalue weighted by atomic mass is 16.5. The number of anilines is 1. The molecule has 0 aliphatic carbocycles. The SMILES string of the molecule is CCN(C(=O)C1(COC)CCNCC1)c1ccccc1C. The molecule has 0 radical (unpaired) electrons. The first-order valence-corrected chi connectivity index (χ1v) is 7.72. The van der Waals surface area contributed by atoms with Crippen molar-refractivity contribution in [2.24, 2.45) is 5.41 Å². The van der Waals surface area contributed by atoms with Crippen LogP contribution in [0.4, 0.5) is 5.69 Å². The van der Waals surface area contributed by atoms with Crippen molar-refractivity contribution in [1.82, 2.24) is 5.32 Å². The largest absolute Gasteiger partial charge is 0.384 e. The maximum atomic E-state index is 13.2. The average molecular weight is 290 g/mol. The average Bonchev–Trinajstić information content (AvgIpc) is 2.51. The monoisotopic (exact) mass is 290 g/mol. The molecule has 1 heterocycles. The molecular formula is C17H26N2O2. The third kappa shape index (κ3) is 3.27. The van der Waals surface area contributed by atoms with E-state index in [1.54, 1.807) is 7.11 Å². The highest BCUT2D eigenvalue weighted by Gasteiger charge is 2.42. The quantitative estimate of drug-likeness (QED) is 0.905. The fraction of sp³-hybridized carbons (Fsp3) is 0.588. The number of para-hydroxylation sites is 1. The Hall–Kier alpha value is -1.39. The van der Waals surface area contributed by atoms with E-state index < -0.39 is 5.41 Å². The zero-order valence-corrected chi connectivity index (χ0v) is 13.3. The summed E-state index contributed by atoms with van der Waals surface area (Å²) in [6.07, 6.45) is 1.67. The molecule has 0 saturated carbocycles. The zero-order chi connectivity index (χ0) is 15.3. The Balaban J connectivity index is 2.31. The number of ether oxygens (including phenoxy) is 1. The Kier molecular flexibility index (Phi) is 5.37.